The van der Waals surface area contributed by atoms with Gasteiger partial charge in [-0.2, -0.15) is 4.39 Å². The zero-order valence-electron chi connectivity index (χ0n) is 11.8. The number of benzene rings is 1. The monoisotopic (exact) mass is 286 g/mol. The molecule has 4 nitrogen and oxygen atoms in total. The van der Waals surface area contributed by atoms with Crippen LogP contribution in [0.25, 0.3) is 0 Å². The Morgan fingerprint density at radius 3 is 2.50 bits per heavy atom. The van der Waals surface area contributed by atoms with E-state index >= 15 is 0 Å². The van der Waals surface area contributed by atoms with Crippen molar-refractivity contribution in [1.82, 2.24) is 0 Å². The van der Waals surface area contributed by atoms with Gasteiger partial charge in [0, 0.05) is 18.2 Å². The van der Waals surface area contributed by atoms with Gasteiger partial charge >= 0.3 is 5.69 Å². The first-order chi connectivity index (χ1) is 9.49. The maximum Gasteiger partial charge on any atom is 0.327 e. The quantitative estimate of drug-likeness (QED) is 0.559. The molecule has 0 saturated heterocycles. The predicted molar refractivity (Wildman–Crippen MR) is 74.9 cm³/mol. The van der Waals surface area contributed by atoms with Crippen LogP contribution in [0.3, 0.4) is 0 Å². The fourth-order valence-corrected chi connectivity index (χ4v) is 2.17. The molecule has 1 aromatic carbocycles. The molecule has 1 atom stereocenters. The van der Waals surface area contributed by atoms with Crippen molar-refractivity contribution in [3.05, 3.63) is 33.9 Å². The van der Waals surface area contributed by atoms with E-state index in [1.807, 2.05) is 13.8 Å². The Kier molecular flexibility index (Phi) is 6.35. The lowest BCUT2D eigenvalue weighted by atomic mass is 10.0. The zero-order valence-corrected chi connectivity index (χ0v) is 11.8. The average molecular weight is 286 g/mol. The Morgan fingerprint density at radius 2 is 1.95 bits per heavy atom. The lowest BCUT2D eigenvalue weighted by Gasteiger charge is -2.19. The van der Waals surface area contributed by atoms with Crippen LogP contribution in [0, 0.1) is 21.7 Å². The molecular formula is C14H20F2N2O2. The number of hydrogen-bond acceptors (Lipinski definition) is 3. The molecule has 1 N–H and O–H groups in total. The molecule has 0 aliphatic carbocycles. The number of unbranched alkanes of at least 4 members (excludes halogenated alkanes) is 1. The van der Waals surface area contributed by atoms with Crippen molar-refractivity contribution in [1.29, 1.82) is 0 Å². The van der Waals surface area contributed by atoms with Crippen LogP contribution in [0.1, 0.15) is 46.0 Å². The zero-order chi connectivity index (χ0) is 15.1. The number of hydrogen-bond donors (Lipinski definition) is 1. The number of halogens is 2. The van der Waals surface area contributed by atoms with Crippen LogP contribution in [0.5, 0.6) is 0 Å². The van der Waals surface area contributed by atoms with Gasteiger partial charge in [-0.05, 0) is 12.8 Å². The van der Waals surface area contributed by atoms with E-state index in [-0.39, 0.29) is 11.7 Å². The number of nitro benzene ring substituents is 1. The molecule has 0 radical (unpaired) electrons. The molecule has 0 amide bonds. The number of anilines is 1. The van der Waals surface area contributed by atoms with Gasteiger partial charge in [0.25, 0.3) is 0 Å². The summed E-state index contributed by atoms with van der Waals surface area (Å²) < 4.78 is 26.8. The van der Waals surface area contributed by atoms with E-state index in [9.17, 15) is 18.9 Å². The highest BCUT2D eigenvalue weighted by Gasteiger charge is 2.23. The van der Waals surface area contributed by atoms with E-state index in [0.717, 1.165) is 38.2 Å². The highest BCUT2D eigenvalue weighted by molar-refractivity contribution is 5.62. The topological polar surface area (TPSA) is 55.2 Å². The van der Waals surface area contributed by atoms with Crippen molar-refractivity contribution in [2.24, 2.45) is 0 Å². The van der Waals surface area contributed by atoms with Crippen molar-refractivity contribution in [2.45, 2.75) is 52.0 Å². The SMILES string of the molecule is CCCCC(CCC)Nc1cc(F)cc(F)c1[N+](=O)[O-]. The molecule has 1 rings (SSSR count). The van der Waals surface area contributed by atoms with Gasteiger partial charge in [-0.25, -0.2) is 4.39 Å². The molecular weight excluding hydrogens is 266 g/mol. The van der Waals surface area contributed by atoms with E-state index in [2.05, 4.69) is 5.32 Å². The first-order valence-electron chi connectivity index (χ1n) is 6.89. The summed E-state index contributed by atoms with van der Waals surface area (Å²) >= 11 is 0. The molecule has 0 bridgehead atoms. The van der Waals surface area contributed by atoms with E-state index in [0.29, 0.717) is 6.07 Å². The highest BCUT2D eigenvalue weighted by Crippen LogP contribution is 2.30. The maximum atomic E-state index is 13.5. The van der Waals surface area contributed by atoms with Crippen LogP contribution in [0.4, 0.5) is 20.2 Å². The van der Waals surface area contributed by atoms with Gasteiger partial charge in [-0.3, -0.25) is 10.1 Å². The van der Waals surface area contributed by atoms with Crippen LogP contribution < -0.4 is 5.32 Å². The van der Waals surface area contributed by atoms with E-state index in [1.165, 1.54) is 0 Å². The van der Waals surface area contributed by atoms with Crippen molar-refractivity contribution >= 4 is 11.4 Å². The molecule has 0 aromatic heterocycles. The number of rotatable bonds is 8. The minimum absolute atomic E-state index is 0.0140. The van der Waals surface area contributed by atoms with Gasteiger partial charge in [-0.15, -0.1) is 0 Å². The largest absolute Gasteiger partial charge is 0.377 e. The molecule has 0 saturated carbocycles. The van der Waals surface area contributed by atoms with Gasteiger partial charge < -0.3 is 5.32 Å². The van der Waals surface area contributed by atoms with Crippen LogP contribution in [0.15, 0.2) is 12.1 Å². The van der Waals surface area contributed by atoms with Crippen molar-refractivity contribution < 1.29 is 13.7 Å². The Bertz CT molecular complexity index is 467. The molecule has 112 valence electrons. The summed E-state index contributed by atoms with van der Waals surface area (Å²) in [7, 11) is 0. The summed E-state index contributed by atoms with van der Waals surface area (Å²) in [6, 6.07) is 1.50. The smallest absolute Gasteiger partial charge is 0.327 e. The number of nitrogens with zero attached hydrogens (tertiary/aromatic N) is 1. The Morgan fingerprint density at radius 1 is 1.25 bits per heavy atom. The third-order valence-corrected chi connectivity index (χ3v) is 3.11. The molecule has 0 spiro atoms. The van der Waals surface area contributed by atoms with Crippen LogP contribution in [-0.2, 0) is 0 Å². The molecule has 6 heteroatoms. The Hall–Kier alpha value is -1.72. The average Bonchev–Trinajstić information content (AvgIpc) is 2.34. The molecule has 0 aliphatic rings. The van der Waals surface area contributed by atoms with Gasteiger partial charge in [-0.1, -0.05) is 33.1 Å². The Labute approximate surface area is 117 Å². The summed E-state index contributed by atoms with van der Waals surface area (Å²) in [5.74, 6) is -1.97. The third-order valence-electron chi connectivity index (χ3n) is 3.11. The second-order valence-corrected chi connectivity index (χ2v) is 4.81. The van der Waals surface area contributed by atoms with Crippen LogP contribution in [0.2, 0.25) is 0 Å². The highest BCUT2D eigenvalue weighted by atomic mass is 19.1. The molecule has 0 heterocycles. The first-order valence-corrected chi connectivity index (χ1v) is 6.89. The first kappa shape index (κ1) is 16.3. The molecule has 1 unspecified atom stereocenters. The summed E-state index contributed by atoms with van der Waals surface area (Å²) in [5.41, 5.74) is -0.772. The molecule has 0 aliphatic heterocycles. The fourth-order valence-electron chi connectivity index (χ4n) is 2.17. The third kappa shape index (κ3) is 4.43. The summed E-state index contributed by atoms with van der Waals surface area (Å²) in [6.07, 6.45) is 4.48. The van der Waals surface area contributed by atoms with Gasteiger partial charge in [0.05, 0.1) is 4.92 Å². The number of nitrogens with one attached hydrogen (secondary N) is 1. The number of nitro groups is 1. The second kappa shape index (κ2) is 7.77. The predicted octanol–water partition coefficient (Wildman–Crippen LogP) is 4.64. The minimum atomic E-state index is -1.15. The summed E-state index contributed by atoms with van der Waals surface area (Å²) in [4.78, 5) is 10.1. The molecule has 0 fully saturated rings. The normalized spacial score (nSPS) is 12.2. The minimum Gasteiger partial charge on any atom is -0.377 e. The summed E-state index contributed by atoms with van der Waals surface area (Å²) in [6.45, 7) is 4.05. The molecule has 1 aromatic rings. The van der Waals surface area contributed by atoms with Crippen LogP contribution in [-0.4, -0.2) is 11.0 Å². The van der Waals surface area contributed by atoms with Gasteiger partial charge in [0.15, 0.2) is 0 Å². The van der Waals surface area contributed by atoms with Crippen molar-refractivity contribution in [3.8, 4) is 0 Å². The van der Waals surface area contributed by atoms with Crippen molar-refractivity contribution in [2.75, 3.05) is 5.32 Å². The molecule has 20 heavy (non-hydrogen) atoms. The standard InChI is InChI=1S/C14H20F2N2O2/c1-3-5-7-11(6-4-2)17-13-9-10(15)8-12(16)14(13)18(19)20/h8-9,11,17H,3-7H2,1-2H3. The Balaban J connectivity index is 3.01. The van der Waals surface area contributed by atoms with E-state index in [4.69, 9.17) is 0 Å². The van der Waals surface area contributed by atoms with Crippen LogP contribution >= 0.6 is 0 Å². The fraction of sp³-hybridized carbons (Fsp3) is 0.571. The summed E-state index contributed by atoms with van der Waals surface area (Å²) in [5, 5.41) is 13.8. The van der Waals surface area contributed by atoms with E-state index in [1.54, 1.807) is 0 Å². The lowest BCUT2D eigenvalue weighted by Crippen LogP contribution is -2.20. The van der Waals surface area contributed by atoms with Crippen molar-refractivity contribution in [3.63, 3.8) is 0 Å². The maximum absolute atomic E-state index is 13.5. The van der Waals surface area contributed by atoms with Gasteiger partial charge in [0.1, 0.15) is 11.5 Å². The second-order valence-electron chi connectivity index (χ2n) is 4.81. The van der Waals surface area contributed by atoms with Gasteiger partial charge in [0.2, 0.25) is 5.82 Å². The lowest BCUT2D eigenvalue weighted by molar-refractivity contribution is -0.386. The van der Waals surface area contributed by atoms with E-state index < -0.39 is 22.2 Å².